The van der Waals surface area contributed by atoms with Crippen LogP contribution < -0.4 is 10.6 Å². The highest BCUT2D eigenvalue weighted by molar-refractivity contribution is 6.33. The number of benzene rings is 2. The Morgan fingerprint density at radius 3 is 2.58 bits per heavy atom. The summed E-state index contributed by atoms with van der Waals surface area (Å²) in [5, 5.41) is 6.54. The Hall–Kier alpha value is -2.79. The molecule has 2 atom stereocenters. The molecular formula is C18H13ClN2O3. The van der Waals surface area contributed by atoms with E-state index in [1.165, 1.54) is 6.08 Å². The molecule has 2 N–H and O–H groups in total. The maximum absolute atomic E-state index is 12.9. The van der Waals surface area contributed by atoms with Crippen LogP contribution in [0.25, 0.3) is 0 Å². The Labute approximate surface area is 143 Å². The van der Waals surface area contributed by atoms with Gasteiger partial charge in [-0.25, -0.2) is 4.79 Å². The van der Waals surface area contributed by atoms with Crippen molar-refractivity contribution in [2.24, 2.45) is 0 Å². The summed E-state index contributed by atoms with van der Waals surface area (Å²) in [6, 6.07) is 14.4. The van der Waals surface area contributed by atoms with Crippen molar-refractivity contribution in [3.8, 4) is 0 Å². The van der Waals surface area contributed by atoms with Crippen molar-refractivity contribution >= 4 is 34.9 Å². The number of nitrogens with one attached hydrogen (secondary N) is 2. The predicted octanol–water partition coefficient (Wildman–Crippen LogP) is 3.08. The highest BCUT2D eigenvalue weighted by atomic mass is 35.5. The molecule has 2 aliphatic heterocycles. The summed E-state index contributed by atoms with van der Waals surface area (Å²) in [7, 11) is 0. The van der Waals surface area contributed by atoms with E-state index < -0.39 is 17.6 Å². The van der Waals surface area contributed by atoms with Crippen molar-refractivity contribution in [3.05, 3.63) is 71.3 Å². The van der Waals surface area contributed by atoms with Crippen LogP contribution in [0.4, 0.5) is 11.4 Å². The lowest BCUT2D eigenvalue weighted by Gasteiger charge is -2.33. The van der Waals surface area contributed by atoms with Gasteiger partial charge < -0.3 is 15.4 Å². The molecule has 1 amide bonds. The zero-order valence-corrected chi connectivity index (χ0v) is 13.2. The smallest absolute Gasteiger partial charge is 0.331 e. The van der Waals surface area contributed by atoms with Crippen molar-refractivity contribution < 1.29 is 14.3 Å². The van der Waals surface area contributed by atoms with E-state index in [2.05, 4.69) is 10.6 Å². The van der Waals surface area contributed by atoms with Crippen LogP contribution in [0.2, 0.25) is 5.02 Å². The first kappa shape index (κ1) is 14.8. The number of carbonyl (C=O) groups is 2. The van der Waals surface area contributed by atoms with Gasteiger partial charge in [0.05, 0.1) is 10.7 Å². The first-order chi connectivity index (χ1) is 11.6. The second-order valence-electron chi connectivity index (χ2n) is 5.63. The van der Waals surface area contributed by atoms with E-state index in [1.807, 2.05) is 30.3 Å². The van der Waals surface area contributed by atoms with Gasteiger partial charge in [0, 0.05) is 17.3 Å². The molecule has 0 fully saturated rings. The summed E-state index contributed by atoms with van der Waals surface area (Å²) >= 11 is 6.25. The molecule has 2 unspecified atom stereocenters. The zero-order chi connectivity index (χ0) is 16.7. The average Bonchev–Trinajstić information content (AvgIpc) is 3.12. The lowest BCUT2D eigenvalue weighted by molar-refractivity contribution is -0.142. The first-order valence-electron chi connectivity index (χ1n) is 7.44. The Bertz CT molecular complexity index is 880. The van der Waals surface area contributed by atoms with Crippen LogP contribution in [0.3, 0.4) is 0 Å². The number of anilines is 2. The van der Waals surface area contributed by atoms with E-state index in [4.69, 9.17) is 16.3 Å². The van der Waals surface area contributed by atoms with Gasteiger partial charge in [-0.05, 0) is 24.3 Å². The minimum Gasteiger partial charge on any atom is -0.451 e. The van der Waals surface area contributed by atoms with Crippen LogP contribution >= 0.6 is 11.6 Å². The minimum atomic E-state index is -1.27. The predicted molar refractivity (Wildman–Crippen MR) is 90.8 cm³/mol. The molecule has 0 aliphatic carbocycles. The number of ether oxygens (including phenoxy) is 1. The van der Waals surface area contributed by atoms with Gasteiger partial charge in [-0.3, -0.25) is 4.79 Å². The number of halogens is 1. The molecule has 2 aromatic rings. The minimum absolute atomic E-state index is 0.298. The second kappa shape index (κ2) is 5.39. The maximum Gasteiger partial charge on any atom is 0.331 e. The summed E-state index contributed by atoms with van der Waals surface area (Å²) in [6.45, 7) is 0. The van der Waals surface area contributed by atoms with Crippen LogP contribution in [0.5, 0.6) is 0 Å². The molecule has 0 bridgehead atoms. The third kappa shape index (κ3) is 2.09. The van der Waals surface area contributed by atoms with Gasteiger partial charge in [-0.15, -0.1) is 0 Å². The SMILES string of the molecule is O=C1C=CC(C2(Nc3ccccc3Cl)C(=O)Nc3ccccc32)O1. The molecule has 0 saturated carbocycles. The molecule has 120 valence electrons. The summed E-state index contributed by atoms with van der Waals surface area (Å²) in [5.41, 5.74) is 0.699. The van der Waals surface area contributed by atoms with Crippen LogP contribution in [0.15, 0.2) is 60.7 Å². The fourth-order valence-corrected chi connectivity index (χ4v) is 3.32. The fourth-order valence-electron chi connectivity index (χ4n) is 3.13. The van der Waals surface area contributed by atoms with E-state index >= 15 is 0 Å². The molecule has 2 heterocycles. The summed E-state index contributed by atoms with van der Waals surface area (Å²) in [4.78, 5) is 24.5. The van der Waals surface area contributed by atoms with Crippen molar-refractivity contribution in [1.29, 1.82) is 0 Å². The Morgan fingerprint density at radius 1 is 1.08 bits per heavy atom. The number of amides is 1. The Balaban J connectivity index is 1.88. The van der Waals surface area contributed by atoms with E-state index in [9.17, 15) is 9.59 Å². The van der Waals surface area contributed by atoms with Gasteiger partial charge in [-0.2, -0.15) is 0 Å². The normalized spacial score (nSPS) is 24.5. The zero-order valence-electron chi connectivity index (χ0n) is 12.5. The van der Waals surface area contributed by atoms with Crippen molar-refractivity contribution in [3.63, 3.8) is 0 Å². The number of hydrogen-bond donors (Lipinski definition) is 2. The molecule has 4 rings (SSSR count). The highest BCUT2D eigenvalue weighted by Crippen LogP contribution is 2.44. The topological polar surface area (TPSA) is 67.4 Å². The molecular weight excluding hydrogens is 328 g/mol. The number of carbonyl (C=O) groups excluding carboxylic acids is 2. The number of fused-ring (bicyclic) bond motifs is 1. The molecule has 6 heteroatoms. The van der Waals surface area contributed by atoms with Gasteiger partial charge in [0.1, 0.15) is 0 Å². The first-order valence-corrected chi connectivity index (χ1v) is 7.81. The second-order valence-corrected chi connectivity index (χ2v) is 6.04. The number of rotatable bonds is 3. The van der Waals surface area contributed by atoms with Gasteiger partial charge >= 0.3 is 5.97 Å². The Kier molecular flexibility index (Phi) is 3.32. The van der Waals surface area contributed by atoms with E-state index in [0.29, 0.717) is 22.0 Å². The van der Waals surface area contributed by atoms with E-state index in [1.54, 1.807) is 24.3 Å². The number of cyclic esters (lactones) is 1. The Morgan fingerprint density at radius 2 is 1.83 bits per heavy atom. The molecule has 0 aromatic heterocycles. The molecule has 0 saturated heterocycles. The van der Waals surface area contributed by atoms with E-state index in [-0.39, 0.29) is 5.91 Å². The van der Waals surface area contributed by atoms with Gasteiger partial charge in [0.15, 0.2) is 11.6 Å². The highest BCUT2D eigenvalue weighted by Gasteiger charge is 2.55. The standard InChI is InChI=1S/C18H13ClN2O3/c19-12-6-2-4-8-14(12)21-18(15-9-10-16(22)24-15)11-5-1-3-7-13(11)20-17(18)23/h1-10,15,21H,(H,20,23). The quantitative estimate of drug-likeness (QED) is 0.843. The van der Waals surface area contributed by atoms with Crippen LogP contribution in [0, 0.1) is 0 Å². The third-order valence-corrected chi connectivity index (χ3v) is 4.57. The van der Waals surface area contributed by atoms with Gasteiger partial charge in [0.2, 0.25) is 0 Å². The summed E-state index contributed by atoms with van der Waals surface area (Å²) in [5.74, 6) is -0.773. The lowest BCUT2D eigenvalue weighted by Crippen LogP contribution is -2.51. The van der Waals surface area contributed by atoms with Crippen LogP contribution in [-0.4, -0.2) is 18.0 Å². The molecule has 2 aliphatic rings. The van der Waals surface area contributed by atoms with Crippen molar-refractivity contribution in [2.75, 3.05) is 10.6 Å². The third-order valence-electron chi connectivity index (χ3n) is 4.24. The van der Waals surface area contributed by atoms with Crippen LogP contribution in [0.1, 0.15) is 5.56 Å². The lowest BCUT2D eigenvalue weighted by atomic mass is 9.85. The van der Waals surface area contributed by atoms with Gasteiger partial charge in [0.25, 0.3) is 5.91 Å². The summed E-state index contributed by atoms with van der Waals surface area (Å²) in [6.07, 6.45) is 2.15. The number of para-hydroxylation sites is 2. The molecule has 0 spiro atoms. The van der Waals surface area contributed by atoms with Crippen LogP contribution in [-0.2, 0) is 19.9 Å². The van der Waals surface area contributed by atoms with Crippen molar-refractivity contribution in [2.45, 2.75) is 11.6 Å². The van der Waals surface area contributed by atoms with Gasteiger partial charge in [-0.1, -0.05) is 41.9 Å². The number of hydrogen-bond acceptors (Lipinski definition) is 4. The summed E-state index contributed by atoms with van der Waals surface area (Å²) < 4.78 is 5.37. The fraction of sp³-hybridized carbons (Fsp3) is 0.111. The van der Waals surface area contributed by atoms with Crippen molar-refractivity contribution in [1.82, 2.24) is 0 Å². The molecule has 5 nitrogen and oxygen atoms in total. The van der Waals surface area contributed by atoms with E-state index in [0.717, 1.165) is 0 Å². The average molecular weight is 341 g/mol. The number of esters is 1. The molecule has 24 heavy (non-hydrogen) atoms. The monoisotopic (exact) mass is 340 g/mol. The largest absolute Gasteiger partial charge is 0.451 e. The molecule has 2 aromatic carbocycles. The maximum atomic E-state index is 12.9. The molecule has 0 radical (unpaired) electrons.